The molecular formula is C59H64Cl2N6O9. The highest BCUT2D eigenvalue weighted by Crippen LogP contribution is 2.38. The number of carboxylic acid groups (broad SMARTS) is 2. The molecule has 2 heterocycles. The third kappa shape index (κ3) is 15.4. The molecule has 76 heavy (non-hydrogen) atoms. The van der Waals surface area contributed by atoms with Crippen LogP contribution in [0, 0.1) is 36.5 Å². The van der Waals surface area contributed by atoms with E-state index in [-0.39, 0.29) is 52.5 Å². The van der Waals surface area contributed by atoms with E-state index in [9.17, 15) is 35.4 Å². The van der Waals surface area contributed by atoms with Crippen molar-refractivity contribution in [3.8, 4) is 46.3 Å². The highest BCUT2D eigenvalue weighted by Gasteiger charge is 2.28. The number of carboxylic acids is 2. The van der Waals surface area contributed by atoms with Gasteiger partial charge in [-0.05, 0) is 110 Å². The van der Waals surface area contributed by atoms with E-state index in [0.717, 1.165) is 39.8 Å². The lowest BCUT2D eigenvalue weighted by Gasteiger charge is -2.29. The molecule has 0 aliphatic heterocycles. The maximum Gasteiger partial charge on any atom is 0.321 e. The topological polar surface area (TPSA) is 212 Å². The molecule has 6 aromatic rings. The van der Waals surface area contributed by atoms with Gasteiger partial charge in [-0.25, -0.2) is 0 Å². The van der Waals surface area contributed by atoms with Gasteiger partial charge < -0.3 is 34.3 Å². The summed E-state index contributed by atoms with van der Waals surface area (Å²) in [6.07, 6.45) is 8.83. The van der Waals surface area contributed by atoms with Crippen molar-refractivity contribution >= 4 is 35.1 Å². The zero-order valence-corrected chi connectivity index (χ0v) is 45.0. The molecule has 4 aromatic carbocycles. The maximum atomic E-state index is 12.4. The molecule has 0 saturated carbocycles. The number of hydrogen-bond acceptors (Lipinski definition) is 13. The Hall–Kier alpha value is -7.24. The number of aliphatic carboxylic acids is 2. The minimum atomic E-state index is -1.04. The number of pyridine rings is 2. The van der Waals surface area contributed by atoms with Gasteiger partial charge in [0.25, 0.3) is 0 Å². The van der Waals surface area contributed by atoms with Crippen molar-refractivity contribution in [1.29, 1.82) is 10.5 Å². The minimum Gasteiger partial charge on any atom is -0.488 e. The first kappa shape index (κ1) is 58.0. The van der Waals surface area contributed by atoms with Crippen molar-refractivity contribution in [2.45, 2.75) is 118 Å². The Bertz CT molecular complexity index is 2850. The monoisotopic (exact) mass is 1070 g/mol. The van der Waals surface area contributed by atoms with E-state index in [1.54, 1.807) is 53.7 Å². The number of benzene rings is 4. The Balaban J connectivity index is 1.25. The van der Waals surface area contributed by atoms with Gasteiger partial charge in [-0.1, -0.05) is 86.8 Å². The van der Waals surface area contributed by atoms with Crippen molar-refractivity contribution in [2.75, 3.05) is 19.7 Å². The van der Waals surface area contributed by atoms with E-state index in [2.05, 4.69) is 34.2 Å². The van der Waals surface area contributed by atoms with Crippen LogP contribution in [0.4, 0.5) is 0 Å². The Labute approximate surface area is 454 Å². The third-order valence-corrected chi connectivity index (χ3v) is 13.6. The molecule has 398 valence electrons. The van der Waals surface area contributed by atoms with Crippen molar-refractivity contribution < 1.29 is 43.9 Å². The highest BCUT2D eigenvalue weighted by atomic mass is 35.5. The van der Waals surface area contributed by atoms with Crippen LogP contribution in [-0.2, 0) is 49.1 Å². The molecule has 0 fully saturated rings. The molecule has 0 aliphatic carbocycles. The molecule has 2 aromatic heterocycles. The van der Waals surface area contributed by atoms with Gasteiger partial charge in [0.1, 0.15) is 73.6 Å². The van der Waals surface area contributed by atoms with Crippen LogP contribution >= 0.6 is 23.2 Å². The first-order valence-corrected chi connectivity index (χ1v) is 26.0. The quantitative estimate of drug-likeness (QED) is 0.0399. The van der Waals surface area contributed by atoms with E-state index in [4.69, 9.17) is 42.1 Å². The Morgan fingerprint density at radius 3 is 1.38 bits per heavy atom. The number of rotatable bonds is 29. The molecule has 0 bridgehead atoms. The number of ether oxygens (including phenoxy) is 4. The summed E-state index contributed by atoms with van der Waals surface area (Å²) in [7, 11) is 0. The summed E-state index contributed by atoms with van der Waals surface area (Å²) in [6, 6.07) is 24.9. The van der Waals surface area contributed by atoms with Crippen molar-refractivity contribution in [3.05, 3.63) is 163 Å². The summed E-state index contributed by atoms with van der Waals surface area (Å²) < 4.78 is 25.7. The fourth-order valence-electron chi connectivity index (χ4n) is 9.06. The van der Waals surface area contributed by atoms with E-state index in [0.29, 0.717) is 98.8 Å². The fraction of sp³-hybridized carbons (Fsp3) is 0.356. The van der Waals surface area contributed by atoms with Crippen LogP contribution in [0.15, 0.2) is 97.6 Å². The largest absolute Gasteiger partial charge is 0.488 e. The van der Waals surface area contributed by atoms with Gasteiger partial charge in [-0.3, -0.25) is 29.4 Å². The highest BCUT2D eigenvalue weighted by molar-refractivity contribution is 6.32. The molecule has 2 atom stereocenters. The average molecular weight is 1070 g/mol. The summed E-state index contributed by atoms with van der Waals surface area (Å²) in [4.78, 5) is 36.8. The van der Waals surface area contributed by atoms with Crippen molar-refractivity contribution in [3.63, 3.8) is 0 Å². The van der Waals surface area contributed by atoms with Crippen LogP contribution in [0.2, 0.25) is 10.0 Å². The number of aliphatic hydroxyl groups excluding tert-OH is 1. The Morgan fingerprint density at radius 1 is 0.579 bits per heavy atom. The molecule has 15 nitrogen and oxygen atoms in total. The molecule has 17 heteroatoms. The maximum absolute atomic E-state index is 12.4. The van der Waals surface area contributed by atoms with Gasteiger partial charge in [-0.15, -0.1) is 0 Å². The number of hydrogen-bond donors (Lipinski definition) is 3. The first-order chi connectivity index (χ1) is 36.7. The van der Waals surface area contributed by atoms with E-state index >= 15 is 0 Å². The summed E-state index contributed by atoms with van der Waals surface area (Å²) >= 11 is 13.9. The summed E-state index contributed by atoms with van der Waals surface area (Å²) in [6.45, 7) is 11.6. The molecule has 3 N–H and O–H groups in total. The molecule has 0 spiro atoms. The number of carbonyl (C=O) groups is 2. The van der Waals surface area contributed by atoms with Crippen LogP contribution in [0.25, 0.3) is 11.1 Å². The predicted octanol–water partition coefficient (Wildman–Crippen LogP) is 11.6. The molecule has 0 saturated heterocycles. The number of aliphatic hydroxyl groups is 1. The molecule has 0 amide bonds. The number of nitriles is 2. The van der Waals surface area contributed by atoms with Gasteiger partial charge in [-0.2, -0.15) is 10.5 Å². The fourth-order valence-corrected chi connectivity index (χ4v) is 9.54. The zero-order valence-electron chi connectivity index (χ0n) is 43.5. The minimum absolute atomic E-state index is 0.0443. The molecule has 6 rings (SSSR count). The van der Waals surface area contributed by atoms with Gasteiger partial charge >= 0.3 is 11.9 Å². The SMILES string of the molecule is CCCC(C(=O)O)N(CCC)Cc1cc(Cl)c(OCc2cccc(-c3cccc(COc4cc(OCc5cncc(C#N)c5)c(CN(CCC)C(CCO)C(=O)O)cc4Cl)c3C)c2C)cc1OCc1cncc(C#N)c1. The lowest BCUT2D eigenvalue weighted by Crippen LogP contribution is -2.42. The number of nitrogens with zero attached hydrogens (tertiary/aromatic N) is 6. The number of aromatic nitrogens is 2. The van der Waals surface area contributed by atoms with Crippen molar-refractivity contribution in [1.82, 2.24) is 19.8 Å². The smallest absolute Gasteiger partial charge is 0.321 e. The lowest BCUT2D eigenvalue weighted by molar-refractivity contribution is -0.145. The predicted molar refractivity (Wildman–Crippen MR) is 290 cm³/mol. The van der Waals surface area contributed by atoms with Crippen LogP contribution in [0.3, 0.4) is 0 Å². The number of halogens is 2. The molecule has 0 radical (unpaired) electrons. The second-order valence-corrected chi connectivity index (χ2v) is 19.3. The molecular weight excluding hydrogens is 1010 g/mol. The summed E-state index contributed by atoms with van der Waals surface area (Å²) in [5.41, 5.74) is 9.19. The second-order valence-electron chi connectivity index (χ2n) is 18.5. The zero-order chi connectivity index (χ0) is 54.7. The average Bonchev–Trinajstić information content (AvgIpc) is 3.41. The summed E-state index contributed by atoms with van der Waals surface area (Å²) in [5, 5.41) is 49.6. The van der Waals surface area contributed by atoms with Crippen molar-refractivity contribution in [2.24, 2.45) is 0 Å². The first-order valence-electron chi connectivity index (χ1n) is 25.3. The van der Waals surface area contributed by atoms with Crippen LogP contribution in [0.5, 0.6) is 23.0 Å². The van der Waals surface area contributed by atoms with Gasteiger partial charge in [0.15, 0.2) is 0 Å². The van der Waals surface area contributed by atoms with E-state index in [1.807, 2.05) is 63.8 Å². The van der Waals surface area contributed by atoms with E-state index < -0.39 is 24.0 Å². The lowest BCUT2D eigenvalue weighted by atomic mass is 9.92. The van der Waals surface area contributed by atoms with Gasteiger partial charge in [0.05, 0.1) is 21.2 Å². The Kier molecular flexibility index (Phi) is 21.8. The Morgan fingerprint density at radius 2 is 1.00 bits per heavy atom. The molecule has 2 unspecified atom stereocenters. The van der Waals surface area contributed by atoms with Crippen LogP contribution in [-0.4, -0.2) is 78.8 Å². The molecule has 0 aliphatic rings. The normalized spacial score (nSPS) is 11.9. The second kappa shape index (κ2) is 28.6. The third-order valence-electron chi connectivity index (χ3n) is 13.0. The van der Waals surface area contributed by atoms with Gasteiger partial charge in [0, 0.05) is 78.9 Å². The van der Waals surface area contributed by atoms with Crippen LogP contribution in [0.1, 0.15) is 109 Å². The standard InChI is InChI=1S/C59H64Cl2N6O9/c1-6-11-52(58(69)70)66(17-7-2)32-46-22-50(60)56(24-54(46)73-34-42-20-40(26-62)28-64-30-42)75-36-44-12-9-14-48(38(44)4)49-15-10-13-45(39(49)5)37-76-57-25-55(74-35-43-21-41(27-63)29-65-31-43)47(23-51(57)61)33-67(18-8-3)53(16-19-68)59(71)72/h9-10,12-15,20-25,28-31,52-53,68H,6-8,11,16-19,32-37H2,1-5H3,(H,69,70)(H,71,72). The van der Waals surface area contributed by atoms with E-state index in [1.165, 1.54) is 12.4 Å². The van der Waals surface area contributed by atoms with Crippen LogP contribution < -0.4 is 18.9 Å². The van der Waals surface area contributed by atoms with Gasteiger partial charge in [0.2, 0.25) is 0 Å². The summed E-state index contributed by atoms with van der Waals surface area (Å²) in [5.74, 6) is -0.331.